The van der Waals surface area contributed by atoms with E-state index in [1.165, 1.54) is 30.3 Å². The minimum atomic E-state index is -4.51. The van der Waals surface area contributed by atoms with Gasteiger partial charge in [0.2, 0.25) is 0 Å². The highest BCUT2D eigenvalue weighted by molar-refractivity contribution is 5.68. The minimum Gasteiger partial charge on any atom is -0.481 e. The van der Waals surface area contributed by atoms with Crippen molar-refractivity contribution < 1.29 is 27.5 Å². The number of benzene rings is 1. The second-order valence-electron chi connectivity index (χ2n) is 4.45. The molecule has 1 unspecified atom stereocenters. The summed E-state index contributed by atoms with van der Waals surface area (Å²) in [5.41, 5.74) is 4.68. The van der Waals surface area contributed by atoms with Gasteiger partial charge in [-0.2, -0.15) is 13.2 Å². The average Bonchev–Trinajstić information content (AvgIpc) is 2.86. The Labute approximate surface area is 118 Å². The minimum absolute atomic E-state index is 0.00114. The highest BCUT2D eigenvalue weighted by Gasteiger charge is 2.34. The number of rotatable bonds is 4. The van der Waals surface area contributed by atoms with Crippen molar-refractivity contribution in [3.05, 3.63) is 47.7 Å². The Kier molecular flexibility index (Phi) is 4.04. The first-order valence-electron chi connectivity index (χ1n) is 6.02. The largest absolute Gasteiger partial charge is 0.481 e. The molecule has 2 rings (SSSR count). The standard InChI is InChI=1S/C14H12F3NO3/c15-14(16,17)9-4-2-1-3-8(9)11-5-6-12(21-11)10(18)7-13(19)20/h1-6,10H,7,18H2,(H,19,20). The number of aliphatic carboxylic acids is 1. The first kappa shape index (κ1) is 15.1. The SMILES string of the molecule is NC(CC(=O)O)c1ccc(-c2ccccc2C(F)(F)F)o1. The molecule has 0 radical (unpaired) electrons. The van der Waals surface area contributed by atoms with Crippen molar-refractivity contribution in [1.29, 1.82) is 0 Å². The van der Waals surface area contributed by atoms with E-state index in [-0.39, 0.29) is 23.5 Å². The van der Waals surface area contributed by atoms with Crippen molar-refractivity contribution in [2.45, 2.75) is 18.6 Å². The molecule has 0 saturated heterocycles. The third-order valence-corrected chi connectivity index (χ3v) is 2.88. The number of nitrogens with two attached hydrogens (primary N) is 1. The quantitative estimate of drug-likeness (QED) is 0.906. The summed E-state index contributed by atoms with van der Waals surface area (Å²) < 4.78 is 44.1. The Morgan fingerprint density at radius 2 is 1.90 bits per heavy atom. The molecule has 0 aliphatic carbocycles. The molecule has 4 nitrogen and oxygen atoms in total. The van der Waals surface area contributed by atoms with Crippen LogP contribution in [0.25, 0.3) is 11.3 Å². The first-order chi connectivity index (χ1) is 9.79. The summed E-state index contributed by atoms with van der Waals surface area (Å²) in [4.78, 5) is 10.6. The van der Waals surface area contributed by atoms with Crippen molar-refractivity contribution in [2.24, 2.45) is 5.73 Å². The third kappa shape index (κ3) is 3.43. The van der Waals surface area contributed by atoms with Gasteiger partial charge in [-0.3, -0.25) is 4.79 Å². The maximum absolute atomic E-state index is 12.9. The van der Waals surface area contributed by atoms with E-state index in [4.69, 9.17) is 15.3 Å². The van der Waals surface area contributed by atoms with E-state index < -0.39 is 23.8 Å². The molecular formula is C14H12F3NO3. The van der Waals surface area contributed by atoms with Gasteiger partial charge in [0.05, 0.1) is 18.0 Å². The van der Waals surface area contributed by atoms with Crippen LogP contribution in [0, 0.1) is 0 Å². The summed E-state index contributed by atoms with van der Waals surface area (Å²) in [5.74, 6) is -0.987. The Hall–Kier alpha value is -2.28. The summed E-state index contributed by atoms with van der Waals surface area (Å²) in [6, 6.07) is 6.81. The van der Waals surface area contributed by atoms with E-state index in [1.54, 1.807) is 0 Å². The van der Waals surface area contributed by atoms with Gasteiger partial charge in [0.1, 0.15) is 11.5 Å². The second kappa shape index (κ2) is 5.61. The molecule has 0 aliphatic rings. The molecule has 2 aromatic rings. The summed E-state index contributed by atoms with van der Waals surface area (Å²) in [7, 11) is 0. The predicted octanol–water partition coefficient (Wildman–Crippen LogP) is 3.44. The van der Waals surface area contributed by atoms with Crippen LogP contribution in [0.3, 0.4) is 0 Å². The Morgan fingerprint density at radius 3 is 2.52 bits per heavy atom. The number of hydrogen-bond acceptors (Lipinski definition) is 3. The van der Waals surface area contributed by atoms with Crippen LogP contribution in [0.2, 0.25) is 0 Å². The van der Waals surface area contributed by atoms with Gasteiger partial charge in [0, 0.05) is 5.56 Å². The lowest BCUT2D eigenvalue weighted by atomic mass is 10.1. The van der Waals surface area contributed by atoms with Crippen LogP contribution in [0.1, 0.15) is 23.8 Å². The Balaban J connectivity index is 2.37. The van der Waals surface area contributed by atoms with E-state index in [0.717, 1.165) is 6.07 Å². The van der Waals surface area contributed by atoms with Gasteiger partial charge >= 0.3 is 12.1 Å². The van der Waals surface area contributed by atoms with E-state index in [9.17, 15) is 18.0 Å². The Morgan fingerprint density at radius 1 is 1.24 bits per heavy atom. The smallest absolute Gasteiger partial charge is 0.417 e. The van der Waals surface area contributed by atoms with Crippen molar-refractivity contribution in [2.75, 3.05) is 0 Å². The molecular weight excluding hydrogens is 287 g/mol. The van der Waals surface area contributed by atoms with Gasteiger partial charge in [0.25, 0.3) is 0 Å². The molecule has 0 saturated carbocycles. The van der Waals surface area contributed by atoms with Gasteiger partial charge in [-0.25, -0.2) is 0 Å². The van der Waals surface area contributed by atoms with Crippen molar-refractivity contribution in [1.82, 2.24) is 0 Å². The van der Waals surface area contributed by atoms with Crippen LogP contribution in [0.5, 0.6) is 0 Å². The van der Waals surface area contributed by atoms with E-state index in [0.29, 0.717) is 0 Å². The lowest BCUT2D eigenvalue weighted by molar-refractivity contribution is -0.138. The molecule has 1 aromatic heterocycles. The molecule has 0 amide bonds. The topological polar surface area (TPSA) is 76.5 Å². The summed E-state index contributed by atoms with van der Waals surface area (Å²) in [6.07, 6.45) is -4.87. The lowest BCUT2D eigenvalue weighted by Crippen LogP contribution is -2.14. The van der Waals surface area contributed by atoms with Crippen molar-refractivity contribution in [3.63, 3.8) is 0 Å². The molecule has 0 aliphatic heterocycles. The second-order valence-corrected chi connectivity index (χ2v) is 4.45. The zero-order chi connectivity index (χ0) is 15.6. The molecule has 7 heteroatoms. The molecule has 3 N–H and O–H groups in total. The Bertz CT molecular complexity index is 649. The van der Waals surface area contributed by atoms with Crippen molar-refractivity contribution in [3.8, 4) is 11.3 Å². The zero-order valence-electron chi connectivity index (χ0n) is 10.7. The fourth-order valence-electron chi connectivity index (χ4n) is 1.93. The van der Waals surface area contributed by atoms with Crippen LogP contribution in [0.4, 0.5) is 13.2 Å². The summed E-state index contributed by atoms with van der Waals surface area (Å²) >= 11 is 0. The van der Waals surface area contributed by atoms with Crippen LogP contribution >= 0.6 is 0 Å². The van der Waals surface area contributed by atoms with Crippen LogP contribution in [-0.4, -0.2) is 11.1 Å². The van der Waals surface area contributed by atoms with E-state index in [2.05, 4.69) is 0 Å². The molecule has 1 heterocycles. The fourth-order valence-corrected chi connectivity index (χ4v) is 1.93. The van der Waals surface area contributed by atoms with Gasteiger partial charge in [-0.05, 0) is 18.2 Å². The highest BCUT2D eigenvalue weighted by Crippen LogP contribution is 2.37. The van der Waals surface area contributed by atoms with Gasteiger partial charge in [0.15, 0.2) is 0 Å². The number of furan rings is 1. The van der Waals surface area contributed by atoms with Gasteiger partial charge in [-0.15, -0.1) is 0 Å². The zero-order valence-corrected chi connectivity index (χ0v) is 10.7. The maximum atomic E-state index is 12.9. The van der Waals surface area contributed by atoms with Crippen molar-refractivity contribution >= 4 is 5.97 Å². The van der Waals surface area contributed by atoms with Crippen LogP contribution in [0.15, 0.2) is 40.8 Å². The molecule has 0 spiro atoms. The van der Waals surface area contributed by atoms with Gasteiger partial charge < -0.3 is 15.3 Å². The number of hydrogen-bond donors (Lipinski definition) is 2. The van der Waals surface area contributed by atoms with Crippen LogP contribution < -0.4 is 5.73 Å². The summed E-state index contributed by atoms with van der Waals surface area (Å²) in [5, 5.41) is 8.65. The predicted molar refractivity (Wildman–Crippen MR) is 68.3 cm³/mol. The molecule has 112 valence electrons. The van der Waals surface area contributed by atoms with Gasteiger partial charge in [-0.1, -0.05) is 18.2 Å². The highest BCUT2D eigenvalue weighted by atomic mass is 19.4. The number of carboxylic acids is 1. The summed E-state index contributed by atoms with van der Waals surface area (Å²) in [6.45, 7) is 0. The third-order valence-electron chi connectivity index (χ3n) is 2.88. The van der Waals surface area contributed by atoms with E-state index >= 15 is 0 Å². The number of carboxylic acid groups (broad SMARTS) is 1. The number of halogens is 3. The fraction of sp³-hybridized carbons (Fsp3) is 0.214. The molecule has 0 bridgehead atoms. The molecule has 0 fully saturated rings. The van der Waals surface area contributed by atoms with Crippen LogP contribution in [-0.2, 0) is 11.0 Å². The molecule has 1 aromatic carbocycles. The lowest BCUT2D eigenvalue weighted by Gasteiger charge is -2.11. The number of alkyl halides is 3. The first-order valence-corrected chi connectivity index (χ1v) is 6.02. The molecule has 1 atom stereocenters. The normalized spacial score (nSPS) is 13.1. The maximum Gasteiger partial charge on any atom is 0.417 e. The monoisotopic (exact) mass is 299 g/mol. The average molecular weight is 299 g/mol. The van der Waals surface area contributed by atoms with E-state index in [1.807, 2.05) is 0 Å². The number of carbonyl (C=O) groups is 1. The molecule has 21 heavy (non-hydrogen) atoms.